The molecule has 23 heavy (non-hydrogen) atoms. The second-order valence-corrected chi connectivity index (χ2v) is 9.51. The van der Waals surface area contributed by atoms with Crippen LogP contribution in [0.3, 0.4) is 0 Å². The van der Waals surface area contributed by atoms with Gasteiger partial charge in [0.05, 0.1) is 18.3 Å². The van der Waals surface area contributed by atoms with Gasteiger partial charge in [-0.05, 0) is 53.9 Å². The quantitative estimate of drug-likeness (QED) is 0.602. The summed E-state index contributed by atoms with van der Waals surface area (Å²) in [5.74, 6) is 0.398. The van der Waals surface area contributed by atoms with Crippen LogP contribution in [0, 0.1) is 34.0 Å². The Kier molecular flexibility index (Phi) is 3.10. The minimum absolute atomic E-state index is 0.00667. The van der Waals surface area contributed by atoms with Crippen LogP contribution in [0.4, 0.5) is 0 Å². The van der Waals surface area contributed by atoms with E-state index in [1.165, 1.54) is 0 Å². The van der Waals surface area contributed by atoms with Crippen molar-refractivity contribution >= 4 is 0 Å². The number of rotatable bonds is 0. The van der Waals surface area contributed by atoms with E-state index in [0.717, 1.165) is 18.4 Å². The highest BCUT2D eigenvalue weighted by atomic mass is 16.3. The van der Waals surface area contributed by atoms with Gasteiger partial charge in [-0.25, -0.2) is 0 Å². The van der Waals surface area contributed by atoms with Crippen LogP contribution in [0.5, 0.6) is 0 Å². The number of hydrogen-bond donors (Lipinski definition) is 3. The highest BCUT2D eigenvalue weighted by molar-refractivity contribution is 5.31. The summed E-state index contributed by atoms with van der Waals surface area (Å²) in [5, 5.41) is 33.1. The molecule has 2 bridgehead atoms. The first-order valence-corrected chi connectivity index (χ1v) is 9.05. The first-order valence-electron chi connectivity index (χ1n) is 9.05. The van der Waals surface area contributed by atoms with Crippen molar-refractivity contribution in [3.05, 3.63) is 24.3 Å². The van der Waals surface area contributed by atoms with Crippen LogP contribution >= 0.6 is 0 Å². The van der Waals surface area contributed by atoms with Gasteiger partial charge >= 0.3 is 0 Å². The average Bonchev–Trinajstić information content (AvgIpc) is 2.64. The first-order chi connectivity index (χ1) is 10.6. The van der Waals surface area contributed by atoms with E-state index < -0.39 is 23.7 Å². The van der Waals surface area contributed by atoms with Crippen molar-refractivity contribution in [2.75, 3.05) is 0 Å². The van der Waals surface area contributed by atoms with E-state index >= 15 is 0 Å². The van der Waals surface area contributed by atoms with E-state index in [-0.39, 0.29) is 22.7 Å². The Hall–Kier alpha value is -0.640. The summed E-state index contributed by atoms with van der Waals surface area (Å²) in [6.45, 7) is 10.8. The Balaban J connectivity index is 1.89. The van der Waals surface area contributed by atoms with Crippen LogP contribution in [0.25, 0.3) is 0 Å². The molecule has 3 heteroatoms. The Morgan fingerprint density at radius 2 is 1.83 bits per heavy atom. The Morgan fingerprint density at radius 3 is 2.52 bits per heavy atom. The third-order valence-electron chi connectivity index (χ3n) is 8.06. The average molecular weight is 318 g/mol. The zero-order valence-corrected chi connectivity index (χ0v) is 14.5. The predicted molar refractivity (Wildman–Crippen MR) is 89.6 cm³/mol. The fourth-order valence-electron chi connectivity index (χ4n) is 7.22. The van der Waals surface area contributed by atoms with Gasteiger partial charge in [0.25, 0.3) is 0 Å². The molecule has 4 aliphatic rings. The lowest BCUT2D eigenvalue weighted by Crippen LogP contribution is -2.66. The number of aliphatic hydroxyl groups excluding tert-OH is 3. The van der Waals surface area contributed by atoms with Crippen LogP contribution in [-0.4, -0.2) is 33.6 Å². The monoisotopic (exact) mass is 318 g/mol. The molecule has 0 amide bonds. The zero-order valence-electron chi connectivity index (χ0n) is 14.5. The van der Waals surface area contributed by atoms with Crippen molar-refractivity contribution in [2.45, 2.75) is 64.8 Å². The molecule has 0 aromatic rings. The molecule has 3 N–H and O–H groups in total. The minimum atomic E-state index is -0.684. The second-order valence-electron chi connectivity index (χ2n) is 9.51. The minimum Gasteiger partial charge on any atom is -0.393 e. The molecule has 0 unspecified atom stereocenters. The standard InChI is InChI=1S/C20H30O3/c1-11-12-8-13(21)16-19(4)7-5-6-18(2,3)14(19)9-15(22)20(16,10-12)17(11)23/h5-6,12-17,21-23H,1,7-10H2,2-4H3/t12-,13+,14-,15-,16+,17-,19-,20+/m1/s1. The third kappa shape index (κ3) is 1.71. The van der Waals surface area contributed by atoms with E-state index in [0.29, 0.717) is 18.8 Å². The number of hydrogen-bond acceptors (Lipinski definition) is 3. The van der Waals surface area contributed by atoms with Crippen molar-refractivity contribution in [3.8, 4) is 0 Å². The maximum atomic E-state index is 11.1. The van der Waals surface area contributed by atoms with Crippen molar-refractivity contribution in [3.63, 3.8) is 0 Å². The van der Waals surface area contributed by atoms with Crippen molar-refractivity contribution in [2.24, 2.45) is 34.0 Å². The lowest BCUT2D eigenvalue weighted by atomic mass is 9.40. The number of allylic oxidation sites excluding steroid dienone is 2. The SMILES string of the molecule is C=C1[C@@H]2C[C@H](O)[C@H]3[C@]4(C)CC=CC(C)(C)[C@H]4C[C@@H](O)[C@]3(C2)[C@@H]1O. The molecule has 3 saturated carbocycles. The van der Waals surface area contributed by atoms with E-state index in [4.69, 9.17) is 0 Å². The molecule has 0 saturated heterocycles. The van der Waals surface area contributed by atoms with E-state index in [9.17, 15) is 15.3 Å². The molecule has 0 radical (unpaired) electrons. The molecule has 0 aromatic carbocycles. The Morgan fingerprint density at radius 1 is 1.13 bits per heavy atom. The molecule has 3 fully saturated rings. The predicted octanol–water partition coefficient (Wildman–Crippen LogP) is 2.66. The lowest BCUT2D eigenvalue weighted by molar-refractivity contribution is -0.232. The first kappa shape index (κ1) is 15.9. The summed E-state index contributed by atoms with van der Waals surface area (Å²) in [6, 6.07) is 0. The fourth-order valence-corrected chi connectivity index (χ4v) is 7.22. The van der Waals surface area contributed by atoms with Gasteiger partial charge in [0, 0.05) is 11.3 Å². The molecule has 0 heterocycles. The molecule has 3 nitrogen and oxygen atoms in total. The van der Waals surface area contributed by atoms with Gasteiger partial charge in [0.15, 0.2) is 0 Å². The molecule has 0 aliphatic heterocycles. The summed E-state index contributed by atoms with van der Waals surface area (Å²) in [6.07, 6.45) is 5.88. The lowest BCUT2D eigenvalue weighted by Gasteiger charge is -2.65. The fraction of sp³-hybridized carbons (Fsp3) is 0.800. The van der Waals surface area contributed by atoms with Gasteiger partial charge in [0.1, 0.15) is 0 Å². The molecule has 128 valence electrons. The van der Waals surface area contributed by atoms with Gasteiger partial charge in [-0.15, -0.1) is 0 Å². The topological polar surface area (TPSA) is 60.7 Å². The van der Waals surface area contributed by atoms with Crippen LogP contribution in [0.1, 0.15) is 46.5 Å². The van der Waals surface area contributed by atoms with Crippen LogP contribution in [-0.2, 0) is 0 Å². The van der Waals surface area contributed by atoms with Crippen molar-refractivity contribution < 1.29 is 15.3 Å². The zero-order chi connectivity index (χ0) is 16.8. The van der Waals surface area contributed by atoms with E-state index in [2.05, 4.69) is 39.5 Å². The second kappa shape index (κ2) is 4.50. The summed E-state index contributed by atoms with van der Waals surface area (Å²) in [4.78, 5) is 0. The highest BCUT2D eigenvalue weighted by Gasteiger charge is 2.71. The summed E-state index contributed by atoms with van der Waals surface area (Å²) in [7, 11) is 0. The molecular weight excluding hydrogens is 288 g/mol. The summed E-state index contributed by atoms with van der Waals surface area (Å²) in [5.41, 5.74) is 0.143. The molecule has 4 aliphatic carbocycles. The molecular formula is C20H30O3. The van der Waals surface area contributed by atoms with Crippen molar-refractivity contribution in [1.82, 2.24) is 0 Å². The molecule has 0 aromatic heterocycles. The van der Waals surface area contributed by atoms with Gasteiger partial charge in [0.2, 0.25) is 0 Å². The van der Waals surface area contributed by atoms with Crippen LogP contribution in [0.15, 0.2) is 24.3 Å². The maximum absolute atomic E-state index is 11.1. The Bertz CT molecular complexity index is 579. The third-order valence-corrected chi connectivity index (χ3v) is 8.06. The van der Waals surface area contributed by atoms with Gasteiger partial charge in [-0.2, -0.15) is 0 Å². The van der Waals surface area contributed by atoms with Gasteiger partial charge < -0.3 is 15.3 Å². The van der Waals surface area contributed by atoms with Gasteiger partial charge in [-0.3, -0.25) is 0 Å². The summed E-state index contributed by atoms with van der Waals surface area (Å²) >= 11 is 0. The maximum Gasteiger partial charge on any atom is 0.0835 e. The van der Waals surface area contributed by atoms with Crippen molar-refractivity contribution in [1.29, 1.82) is 0 Å². The Labute approximate surface area is 139 Å². The number of aliphatic hydroxyl groups is 3. The highest BCUT2D eigenvalue weighted by Crippen LogP contribution is 2.71. The summed E-state index contributed by atoms with van der Waals surface area (Å²) < 4.78 is 0. The largest absolute Gasteiger partial charge is 0.393 e. The van der Waals surface area contributed by atoms with E-state index in [1.807, 2.05) is 0 Å². The van der Waals surface area contributed by atoms with Crippen LogP contribution < -0.4 is 0 Å². The molecule has 1 spiro atoms. The van der Waals surface area contributed by atoms with E-state index in [1.54, 1.807) is 0 Å². The molecule has 4 rings (SSSR count). The smallest absolute Gasteiger partial charge is 0.0835 e. The number of fused-ring (bicyclic) bond motifs is 3. The van der Waals surface area contributed by atoms with Gasteiger partial charge in [-0.1, -0.05) is 39.5 Å². The normalized spacial score (nSPS) is 57.0. The molecule has 8 atom stereocenters. The van der Waals surface area contributed by atoms with Crippen LogP contribution in [0.2, 0.25) is 0 Å².